The first kappa shape index (κ1) is 18.0. The summed E-state index contributed by atoms with van der Waals surface area (Å²) in [6.45, 7) is 2.05. The van der Waals surface area contributed by atoms with Gasteiger partial charge in [-0.25, -0.2) is 9.78 Å². The minimum absolute atomic E-state index is 0.0880. The molecule has 0 saturated carbocycles. The Bertz CT molecular complexity index is 830. The van der Waals surface area contributed by atoms with Gasteiger partial charge in [0.05, 0.1) is 29.3 Å². The summed E-state index contributed by atoms with van der Waals surface area (Å²) < 4.78 is 6.29. The lowest BCUT2D eigenvalue weighted by Crippen LogP contribution is -2.05. The molecule has 7 nitrogen and oxygen atoms in total. The molecule has 0 bridgehead atoms. The molecule has 1 heterocycles. The average molecular weight is 370 g/mol. The third kappa shape index (κ3) is 3.93. The number of halogens is 2. The second-order valence-corrected chi connectivity index (χ2v) is 5.58. The van der Waals surface area contributed by atoms with Gasteiger partial charge in [0.1, 0.15) is 5.82 Å². The van der Waals surface area contributed by atoms with E-state index in [0.29, 0.717) is 23.6 Å². The van der Waals surface area contributed by atoms with Gasteiger partial charge in [-0.05, 0) is 24.6 Å². The number of hydrogen-bond acceptors (Lipinski definition) is 5. The molecule has 2 rings (SSSR count). The van der Waals surface area contributed by atoms with Gasteiger partial charge < -0.3 is 9.30 Å². The second-order valence-electron chi connectivity index (χ2n) is 4.81. The molecule has 0 saturated heterocycles. The monoisotopic (exact) mass is 369 g/mol. The number of aromatic nitrogens is 2. The van der Waals surface area contributed by atoms with Crippen LogP contribution < -0.4 is 0 Å². The first-order valence-corrected chi connectivity index (χ1v) is 7.50. The van der Waals surface area contributed by atoms with E-state index in [1.54, 1.807) is 17.6 Å². The molecule has 0 radical (unpaired) electrons. The number of nitrogens with zero attached hydrogens (tertiary/aromatic N) is 3. The van der Waals surface area contributed by atoms with Crippen molar-refractivity contribution in [3.8, 4) is 0 Å². The number of nitro benzene ring substituents is 1. The van der Waals surface area contributed by atoms with Gasteiger partial charge in [-0.3, -0.25) is 10.1 Å². The van der Waals surface area contributed by atoms with Gasteiger partial charge in [0, 0.05) is 18.2 Å². The first-order valence-electron chi connectivity index (χ1n) is 6.75. The molecule has 1 aromatic heterocycles. The molecule has 0 aliphatic rings. The Morgan fingerprint density at radius 2 is 2.17 bits per heavy atom. The van der Waals surface area contributed by atoms with Crippen molar-refractivity contribution in [2.75, 3.05) is 7.11 Å². The van der Waals surface area contributed by atoms with Gasteiger partial charge in [-0.15, -0.1) is 0 Å². The molecular formula is C15H13Cl2N3O4. The number of carbonyl (C=O) groups is 1. The number of hydrogen-bond donors (Lipinski definition) is 0. The van der Waals surface area contributed by atoms with E-state index >= 15 is 0 Å². The fraction of sp³-hybridized carbons (Fsp3) is 0.200. The van der Waals surface area contributed by atoms with Crippen LogP contribution in [0, 0.1) is 17.0 Å². The van der Waals surface area contributed by atoms with Gasteiger partial charge in [0.15, 0.2) is 5.15 Å². The summed E-state index contributed by atoms with van der Waals surface area (Å²) in [4.78, 5) is 25.7. The highest BCUT2D eigenvalue weighted by Crippen LogP contribution is 2.26. The minimum atomic E-state index is -0.523. The number of aryl methyl sites for hydroxylation is 1. The Labute approximate surface area is 147 Å². The number of non-ortho nitro benzene ring substituents is 1. The normalized spacial score (nSPS) is 11.0. The quantitative estimate of drug-likeness (QED) is 0.347. The van der Waals surface area contributed by atoms with Crippen LogP contribution in [-0.4, -0.2) is 27.6 Å². The van der Waals surface area contributed by atoms with Crippen molar-refractivity contribution in [2.45, 2.75) is 13.5 Å². The lowest BCUT2D eigenvalue weighted by atomic mass is 10.2. The van der Waals surface area contributed by atoms with Crippen molar-refractivity contribution in [3.63, 3.8) is 0 Å². The number of methoxy groups -OCH3 is 1. The van der Waals surface area contributed by atoms with Crippen LogP contribution in [0.25, 0.3) is 6.08 Å². The lowest BCUT2D eigenvalue weighted by Gasteiger charge is -2.10. The van der Waals surface area contributed by atoms with E-state index < -0.39 is 10.9 Å². The van der Waals surface area contributed by atoms with Crippen LogP contribution >= 0.6 is 23.2 Å². The Balaban J connectivity index is 2.38. The van der Waals surface area contributed by atoms with E-state index in [1.165, 1.54) is 31.4 Å². The summed E-state index contributed by atoms with van der Waals surface area (Å²) in [6.07, 6.45) is 2.73. The highest BCUT2D eigenvalue weighted by Gasteiger charge is 2.15. The van der Waals surface area contributed by atoms with E-state index in [4.69, 9.17) is 23.2 Å². The Morgan fingerprint density at radius 1 is 1.46 bits per heavy atom. The van der Waals surface area contributed by atoms with Crippen LogP contribution in [-0.2, 0) is 16.1 Å². The lowest BCUT2D eigenvalue weighted by molar-refractivity contribution is -0.384. The summed E-state index contributed by atoms with van der Waals surface area (Å²) in [5.41, 5.74) is 1.08. The summed E-state index contributed by atoms with van der Waals surface area (Å²) in [5, 5.41) is 11.3. The second kappa shape index (κ2) is 7.46. The summed E-state index contributed by atoms with van der Waals surface area (Å²) >= 11 is 12.2. The van der Waals surface area contributed by atoms with Crippen LogP contribution in [0.4, 0.5) is 5.69 Å². The van der Waals surface area contributed by atoms with E-state index in [2.05, 4.69) is 9.72 Å². The van der Waals surface area contributed by atoms with Gasteiger partial charge >= 0.3 is 5.97 Å². The van der Waals surface area contributed by atoms with Crippen molar-refractivity contribution in [1.29, 1.82) is 0 Å². The summed E-state index contributed by atoms with van der Waals surface area (Å²) in [6, 6.07) is 4.23. The van der Waals surface area contributed by atoms with Crippen molar-refractivity contribution < 1.29 is 14.5 Å². The molecule has 0 fully saturated rings. The fourth-order valence-electron chi connectivity index (χ4n) is 2.07. The Hall–Kier alpha value is -2.38. The summed E-state index contributed by atoms with van der Waals surface area (Å²) in [5.74, 6) is 0.0868. The number of imidazole rings is 1. The smallest absolute Gasteiger partial charge is 0.330 e. The van der Waals surface area contributed by atoms with E-state index in [-0.39, 0.29) is 15.9 Å². The average Bonchev–Trinajstić information content (AvgIpc) is 2.80. The number of ether oxygens (including phenoxy) is 1. The maximum Gasteiger partial charge on any atom is 0.330 e. The molecule has 0 aliphatic carbocycles. The van der Waals surface area contributed by atoms with Gasteiger partial charge in [0.2, 0.25) is 0 Å². The zero-order chi connectivity index (χ0) is 17.9. The molecular weight excluding hydrogens is 357 g/mol. The standard InChI is InChI=1S/C15H13Cl2N3O4/c1-9-18-15(17)13(5-6-14(21)24-2)19(9)8-10-3-4-11(20(22)23)7-12(10)16/h3-7H,8H2,1-2H3/b6-5+. The molecule has 9 heteroatoms. The predicted molar refractivity (Wildman–Crippen MR) is 90.2 cm³/mol. The van der Waals surface area contributed by atoms with Crippen LogP contribution in [0.2, 0.25) is 10.2 Å². The van der Waals surface area contributed by atoms with Gasteiger partial charge in [-0.1, -0.05) is 23.2 Å². The molecule has 0 aliphatic heterocycles. The maximum atomic E-state index is 11.3. The van der Waals surface area contributed by atoms with E-state index in [9.17, 15) is 14.9 Å². The highest BCUT2D eigenvalue weighted by molar-refractivity contribution is 6.31. The molecule has 0 spiro atoms. The Kier molecular flexibility index (Phi) is 5.58. The van der Waals surface area contributed by atoms with Gasteiger partial charge in [0.25, 0.3) is 5.69 Å². The van der Waals surface area contributed by atoms with Crippen LogP contribution in [0.5, 0.6) is 0 Å². The molecule has 24 heavy (non-hydrogen) atoms. The fourth-order valence-corrected chi connectivity index (χ4v) is 2.59. The molecule has 1 aromatic carbocycles. The molecule has 0 N–H and O–H groups in total. The van der Waals surface area contributed by atoms with Crippen LogP contribution in [0.1, 0.15) is 17.1 Å². The third-order valence-corrected chi connectivity index (χ3v) is 3.94. The molecule has 0 atom stereocenters. The van der Waals surface area contributed by atoms with Crippen molar-refractivity contribution in [2.24, 2.45) is 0 Å². The predicted octanol–water partition coefficient (Wildman–Crippen LogP) is 3.64. The summed E-state index contributed by atoms with van der Waals surface area (Å²) in [7, 11) is 1.27. The zero-order valence-corrected chi connectivity index (χ0v) is 14.3. The highest BCUT2D eigenvalue weighted by atomic mass is 35.5. The van der Waals surface area contributed by atoms with Crippen molar-refractivity contribution in [3.05, 3.63) is 61.6 Å². The number of benzene rings is 1. The number of rotatable bonds is 5. The molecule has 126 valence electrons. The molecule has 0 amide bonds. The Morgan fingerprint density at radius 3 is 2.75 bits per heavy atom. The zero-order valence-electron chi connectivity index (χ0n) is 12.8. The van der Waals surface area contributed by atoms with E-state index in [1.807, 2.05) is 0 Å². The number of nitro groups is 1. The van der Waals surface area contributed by atoms with E-state index in [0.717, 1.165) is 0 Å². The minimum Gasteiger partial charge on any atom is -0.466 e. The van der Waals surface area contributed by atoms with Crippen molar-refractivity contribution >= 4 is 40.9 Å². The SMILES string of the molecule is COC(=O)/C=C/c1c(Cl)nc(C)n1Cc1ccc([N+](=O)[O-])cc1Cl. The third-order valence-electron chi connectivity index (χ3n) is 3.31. The maximum absolute atomic E-state index is 11.3. The largest absolute Gasteiger partial charge is 0.466 e. The first-order chi connectivity index (χ1) is 11.3. The molecule has 2 aromatic rings. The van der Waals surface area contributed by atoms with Crippen molar-refractivity contribution in [1.82, 2.24) is 9.55 Å². The van der Waals surface area contributed by atoms with Crippen LogP contribution in [0.15, 0.2) is 24.3 Å². The number of esters is 1. The topological polar surface area (TPSA) is 87.3 Å². The molecule has 0 unspecified atom stereocenters. The van der Waals surface area contributed by atoms with Gasteiger partial charge in [-0.2, -0.15) is 0 Å². The van der Waals surface area contributed by atoms with Crippen LogP contribution in [0.3, 0.4) is 0 Å². The number of carbonyl (C=O) groups excluding carboxylic acids is 1.